The maximum atomic E-state index is 13.0. The third kappa shape index (κ3) is 5.03. The fourth-order valence-corrected chi connectivity index (χ4v) is 6.01. The van der Waals surface area contributed by atoms with Crippen LogP contribution in [0, 0.1) is 5.92 Å². The van der Waals surface area contributed by atoms with Crippen LogP contribution in [0.1, 0.15) is 74.7 Å². The molecule has 0 spiro atoms. The summed E-state index contributed by atoms with van der Waals surface area (Å²) in [6.07, 6.45) is -4.25. The van der Waals surface area contributed by atoms with Crippen LogP contribution in [0.2, 0.25) is 0 Å². The van der Waals surface area contributed by atoms with E-state index in [2.05, 4.69) is 0 Å². The Hall–Kier alpha value is -3.25. The molecular weight excluding hydrogens is 528 g/mol. The van der Waals surface area contributed by atoms with Gasteiger partial charge in [-0.2, -0.15) is 0 Å². The van der Waals surface area contributed by atoms with Crippen LogP contribution in [0.3, 0.4) is 0 Å². The Kier molecular flexibility index (Phi) is 8.57. The lowest BCUT2D eigenvalue weighted by Crippen LogP contribution is -2.64. The van der Waals surface area contributed by atoms with Gasteiger partial charge in [0.1, 0.15) is 11.7 Å². The molecular formula is C28H38O12. The molecule has 8 atom stereocenters. The Bertz CT molecular complexity index is 1170. The lowest BCUT2D eigenvalue weighted by Gasteiger charge is -2.41. The molecule has 0 aromatic heterocycles. The number of carbonyl (C=O) groups is 5. The molecule has 1 aliphatic heterocycles. The van der Waals surface area contributed by atoms with E-state index in [1.54, 1.807) is 13.8 Å². The highest BCUT2D eigenvalue weighted by Crippen LogP contribution is 2.57. The van der Waals surface area contributed by atoms with Crippen LogP contribution in [-0.4, -0.2) is 81.3 Å². The minimum Gasteiger partial charge on any atom is -0.459 e. The molecule has 0 radical (unpaired) electrons. The summed E-state index contributed by atoms with van der Waals surface area (Å²) in [4.78, 5) is 63.2. The van der Waals surface area contributed by atoms with E-state index in [1.165, 1.54) is 26.8 Å². The van der Waals surface area contributed by atoms with E-state index >= 15 is 0 Å². The van der Waals surface area contributed by atoms with Crippen molar-refractivity contribution in [2.75, 3.05) is 0 Å². The normalized spacial score (nSPS) is 37.1. The zero-order chi connectivity index (χ0) is 30.4. The van der Waals surface area contributed by atoms with Gasteiger partial charge in [0.05, 0.1) is 5.92 Å². The topological polar surface area (TPSA) is 172 Å². The predicted octanol–water partition coefficient (Wildman–Crippen LogP) is 1.59. The molecule has 0 bridgehead atoms. The van der Waals surface area contributed by atoms with Gasteiger partial charge in [0, 0.05) is 32.3 Å². The smallest absolute Gasteiger partial charge is 0.341 e. The van der Waals surface area contributed by atoms with Crippen LogP contribution in [-0.2, 0) is 47.7 Å². The highest BCUT2D eigenvalue weighted by Gasteiger charge is 2.76. The Balaban J connectivity index is 2.34. The highest BCUT2D eigenvalue weighted by molar-refractivity contribution is 5.88. The van der Waals surface area contributed by atoms with Crippen LogP contribution in [0.4, 0.5) is 0 Å². The third-order valence-electron chi connectivity index (χ3n) is 8.06. The Labute approximate surface area is 232 Å². The largest absolute Gasteiger partial charge is 0.459 e. The van der Waals surface area contributed by atoms with E-state index in [0.29, 0.717) is 6.42 Å². The highest BCUT2D eigenvalue weighted by atomic mass is 16.6. The second kappa shape index (κ2) is 11.0. The number of esters is 5. The first-order valence-electron chi connectivity index (χ1n) is 13.2. The van der Waals surface area contributed by atoms with Crippen molar-refractivity contribution in [1.29, 1.82) is 0 Å². The van der Waals surface area contributed by atoms with Gasteiger partial charge in [-0.1, -0.05) is 13.0 Å². The second-order valence-corrected chi connectivity index (χ2v) is 11.0. The minimum atomic E-state index is -2.57. The summed E-state index contributed by atoms with van der Waals surface area (Å²) < 4.78 is 28.4. The molecule has 1 saturated heterocycles. The molecule has 40 heavy (non-hydrogen) atoms. The molecule has 3 rings (SSSR count). The predicted molar refractivity (Wildman–Crippen MR) is 136 cm³/mol. The Morgan fingerprint density at radius 3 is 2.20 bits per heavy atom. The summed E-state index contributed by atoms with van der Waals surface area (Å²) in [6.45, 7) is 11.3. The van der Waals surface area contributed by atoms with Gasteiger partial charge in [-0.25, -0.2) is 9.59 Å². The molecule has 2 aliphatic carbocycles. The molecule has 2 N–H and O–H groups in total. The van der Waals surface area contributed by atoms with Gasteiger partial charge in [0.15, 0.2) is 29.5 Å². The van der Waals surface area contributed by atoms with Crippen LogP contribution >= 0.6 is 0 Å². The lowest BCUT2D eigenvalue weighted by molar-refractivity contribution is -0.212. The molecule has 1 heterocycles. The van der Waals surface area contributed by atoms with E-state index < -0.39 is 83.4 Å². The molecule has 12 heteroatoms. The quantitative estimate of drug-likeness (QED) is 0.198. The summed E-state index contributed by atoms with van der Waals surface area (Å²) in [7, 11) is 0. The van der Waals surface area contributed by atoms with Crippen molar-refractivity contribution in [3.63, 3.8) is 0 Å². The minimum absolute atomic E-state index is 0.0258. The lowest BCUT2D eigenvalue weighted by atomic mass is 9.75. The number of ether oxygens (including phenoxy) is 5. The molecule has 2 fully saturated rings. The number of allylic oxidation sites excluding steroid dienone is 1. The first-order valence-corrected chi connectivity index (χ1v) is 13.2. The average molecular weight is 567 g/mol. The monoisotopic (exact) mass is 566 g/mol. The van der Waals surface area contributed by atoms with Gasteiger partial charge in [0.2, 0.25) is 0 Å². The fraction of sp³-hybridized carbons (Fsp3) is 0.679. The summed E-state index contributed by atoms with van der Waals surface area (Å²) in [6, 6.07) is 0. The van der Waals surface area contributed by atoms with Crippen LogP contribution < -0.4 is 0 Å². The van der Waals surface area contributed by atoms with Crippen molar-refractivity contribution in [2.24, 2.45) is 5.92 Å². The number of hydrogen-bond acceptors (Lipinski definition) is 12. The molecule has 0 aromatic rings. The number of aliphatic hydroxyl groups is 2. The second-order valence-electron chi connectivity index (χ2n) is 11.0. The van der Waals surface area contributed by atoms with Gasteiger partial charge >= 0.3 is 29.8 Å². The SMILES string of the molecule is C/C=C(/C)C(=O)O[C@H]1C(C)=C2[C@H]([C@@H]1OC(C)=O)[C@@](C)(OC(C)=O)C[C@H](OC(=O)CCC)[C@@]1(O)[C@H]2OC(=O)[C@@]1(C)O. The van der Waals surface area contributed by atoms with E-state index in [4.69, 9.17) is 23.7 Å². The van der Waals surface area contributed by atoms with Crippen LogP contribution in [0.5, 0.6) is 0 Å². The molecule has 222 valence electrons. The summed E-state index contributed by atoms with van der Waals surface area (Å²) >= 11 is 0. The maximum absolute atomic E-state index is 13.0. The molecule has 3 aliphatic rings. The fourth-order valence-electron chi connectivity index (χ4n) is 6.01. The van der Waals surface area contributed by atoms with E-state index in [0.717, 1.165) is 20.8 Å². The third-order valence-corrected chi connectivity index (χ3v) is 8.06. The van der Waals surface area contributed by atoms with Crippen LogP contribution in [0.25, 0.3) is 0 Å². The Morgan fingerprint density at radius 1 is 1.05 bits per heavy atom. The number of rotatable bonds is 7. The molecule has 1 saturated carbocycles. The van der Waals surface area contributed by atoms with Crippen molar-refractivity contribution in [1.82, 2.24) is 0 Å². The van der Waals surface area contributed by atoms with Gasteiger partial charge in [-0.15, -0.1) is 0 Å². The number of fused-ring (bicyclic) bond motifs is 3. The zero-order valence-electron chi connectivity index (χ0n) is 24.1. The molecule has 0 unspecified atom stereocenters. The first kappa shape index (κ1) is 31.3. The number of hydrogen-bond donors (Lipinski definition) is 2. The van der Waals surface area contributed by atoms with Crippen molar-refractivity contribution in [2.45, 2.75) is 116 Å². The zero-order valence-corrected chi connectivity index (χ0v) is 24.1. The molecule has 0 aromatic carbocycles. The Morgan fingerprint density at radius 2 is 1.68 bits per heavy atom. The van der Waals surface area contributed by atoms with Gasteiger partial charge in [0.25, 0.3) is 0 Å². The van der Waals surface area contributed by atoms with E-state index in [1.807, 2.05) is 0 Å². The van der Waals surface area contributed by atoms with E-state index in [-0.39, 0.29) is 23.1 Å². The van der Waals surface area contributed by atoms with Crippen molar-refractivity contribution < 1.29 is 57.9 Å². The van der Waals surface area contributed by atoms with Crippen LogP contribution in [0.15, 0.2) is 22.8 Å². The molecule has 0 amide bonds. The summed E-state index contributed by atoms with van der Waals surface area (Å²) in [5, 5.41) is 23.5. The van der Waals surface area contributed by atoms with Gasteiger partial charge in [-0.05, 0) is 52.2 Å². The summed E-state index contributed by atoms with van der Waals surface area (Å²) in [5.41, 5.74) is -6.15. The number of carbonyl (C=O) groups excluding carboxylic acids is 5. The first-order chi connectivity index (χ1) is 18.5. The molecule has 12 nitrogen and oxygen atoms in total. The van der Waals surface area contributed by atoms with Crippen molar-refractivity contribution in [3.05, 3.63) is 22.8 Å². The average Bonchev–Trinajstić information content (AvgIpc) is 3.17. The van der Waals surface area contributed by atoms with Gasteiger partial charge in [-0.3, -0.25) is 14.4 Å². The summed E-state index contributed by atoms with van der Waals surface area (Å²) in [5.74, 6) is -5.24. The maximum Gasteiger partial charge on any atom is 0.341 e. The van der Waals surface area contributed by atoms with E-state index in [9.17, 15) is 34.2 Å². The van der Waals surface area contributed by atoms with Crippen molar-refractivity contribution >= 4 is 29.8 Å². The van der Waals surface area contributed by atoms with Crippen molar-refractivity contribution in [3.8, 4) is 0 Å². The standard InChI is InChI=1S/C28H38O12/c1-9-11-18(31)37-17-12-26(7,40-16(6)30)20-19(23-28(17,35)27(8,34)25(33)39-23)14(4)21(22(20)36-15(5)29)38-24(32)13(3)10-2/h10,17,20-23,34-35H,9,11-12H2,1-8H3/b13-10-/t17-,20+,21-,22-,23-,26-,27+,28+/m0/s1. The van der Waals surface area contributed by atoms with Gasteiger partial charge < -0.3 is 33.9 Å².